The lowest BCUT2D eigenvalue weighted by Gasteiger charge is -2.31. The number of aromatic nitrogens is 2. The summed E-state index contributed by atoms with van der Waals surface area (Å²) in [7, 11) is 0. The molecule has 2 heterocycles. The molecule has 0 saturated carbocycles. The van der Waals surface area contributed by atoms with Crippen molar-refractivity contribution in [2.75, 3.05) is 31.1 Å². The van der Waals surface area contributed by atoms with E-state index in [1.807, 2.05) is 66.1 Å². The molecule has 0 atom stereocenters. The number of nitrogens with one attached hydrogen (secondary N) is 1. The molecular weight excluding hydrogens is 427 g/mol. The average Bonchev–Trinajstić information content (AvgIpc) is 3.13. The molecule has 0 aliphatic carbocycles. The van der Waals surface area contributed by atoms with Gasteiger partial charge in [-0.2, -0.15) is 4.98 Å². The SMILES string of the molecule is Cc1c(N2CCNCC2)c(F)cc2nc(Oc3ccccc3)n(Cc3ccc(Cl)cc3)c12. The Morgan fingerprint density at radius 3 is 2.50 bits per heavy atom. The molecule has 3 aromatic carbocycles. The number of para-hydroxylation sites is 1. The van der Waals surface area contributed by atoms with Crippen molar-refractivity contribution in [3.8, 4) is 11.8 Å². The molecule has 0 unspecified atom stereocenters. The monoisotopic (exact) mass is 450 g/mol. The smallest absolute Gasteiger partial charge is 0.303 e. The quantitative estimate of drug-likeness (QED) is 0.443. The Labute approximate surface area is 191 Å². The van der Waals surface area contributed by atoms with Gasteiger partial charge in [-0.3, -0.25) is 4.57 Å². The second kappa shape index (κ2) is 8.81. The van der Waals surface area contributed by atoms with Crippen molar-refractivity contribution in [3.05, 3.63) is 82.6 Å². The summed E-state index contributed by atoms with van der Waals surface area (Å²) in [4.78, 5) is 6.78. The summed E-state index contributed by atoms with van der Waals surface area (Å²) in [5, 5.41) is 4.01. The van der Waals surface area contributed by atoms with E-state index in [2.05, 4.69) is 15.2 Å². The van der Waals surface area contributed by atoms with Gasteiger partial charge >= 0.3 is 6.01 Å². The number of piperazine rings is 1. The summed E-state index contributed by atoms with van der Waals surface area (Å²) in [6.07, 6.45) is 0. The zero-order chi connectivity index (χ0) is 22.1. The van der Waals surface area contributed by atoms with E-state index in [1.54, 1.807) is 0 Å². The minimum atomic E-state index is -0.251. The average molecular weight is 451 g/mol. The van der Waals surface area contributed by atoms with Crippen LogP contribution >= 0.6 is 11.6 Å². The number of aryl methyl sites for hydroxylation is 1. The maximum atomic E-state index is 15.2. The van der Waals surface area contributed by atoms with E-state index >= 15 is 4.39 Å². The molecule has 1 N–H and O–H groups in total. The molecule has 32 heavy (non-hydrogen) atoms. The number of benzene rings is 3. The Morgan fingerprint density at radius 1 is 1.06 bits per heavy atom. The zero-order valence-corrected chi connectivity index (χ0v) is 18.6. The first-order valence-electron chi connectivity index (χ1n) is 10.7. The van der Waals surface area contributed by atoms with E-state index in [4.69, 9.17) is 16.3 Å². The number of hydrogen-bond donors (Lipinski definition) is 1. The van der Waals surface area contributed by atoms with Crippen LogP contribution < -0.4 is 15.0 Å². The zero-order valence-electron chi connectivity index (χ0n) is 17.8. The number of halogens is 2. The summed E-state index contributed by atoms with van der Waals surface area (Å²) in [6.45, 7) is 5.70. The van der Waals surface area contributed by atoms with Gasteiger partial charge in [0.25, 0.3) is 0 Å². The molecule has 0 amide bonds. The van der Waals surface area contributed by atoms with Gasteiger partial charge in [0, 0.05) is 42.8 Å². The van der Waals surface area contributed by atoms with Crippen molar-refractivity contribution in [2.24, 2.45) is 0 Å². The fourth-order valence-corrected chi connectivity index (χ4v) is 4.42. The largest absolute Gasteiger partial charge is 0.425 e. The summed E-state index contributed by atoms with van der Waals surface area (Å²) in [5.41, 5.74) is 4.02. The molecule has 0 radical (unpaired) electrons. The molecule has 0 bridgehead atoms. The molecule has 5 rings (SSSR count). The van der Waals surface area contributed by atoms with Crippen LogP contribution in [0.3, 0.4) is 0 Å². The van der Waals surface area contributed by atoms with Crippen molar-refractivity contribution in [1.29, 1.82) is 0 Å². The first-order valence-corrected chi connectivity index (χ1v) is 11.1. The number of anilines is 1. The maximum Gasteiger partial charge on any atom is 0.303 e. The second-order valence-corrected chi connectivity index (χ2v) is 8.40. The van der Waals surface area contributed by atoms with Gasteiger partial charge < -0.3 is 15.0 Å². The number of fused-ring (bicyclic) bond motifs is 1. The molecule has 7 heteroatoms. The van der Waals surface area contributed by atoms with E-state index in [9.17, 15) is 0 Å². The fraction of sp³-hybridized carbons (Fsp3) is 0.240. The minimum Gasteiger partial charge on any atom is -0.425 e. The van der Waals surface area contributed by atoms with E-state index in [0.717, 1.165) is 42.8 Å². The molecule has 4 aromatic rings. The lowest BCUT2D eigenvalue weighted by molar-refractivity contribution is 0.421. The molecule has 0 spiro atoms. The number of rotatable bonds is 5. The highest BCUT2D eigenvalue weighted by atomic mass is 35.5. The van der Waals surface area contributed by atoms with Gasteiger partial charge in [-0.05, 0) is 36.8 Å². The molecule has 1 saturated heterocycles. The Kier molecular flexibility index (Phi) is 5.72. The van der Waals surface area contributed by atoms with Crippen LogP contribution in [0.5, 0.6) is 11.8 Å². The molecule has 1 aliphatic rings. The van der Waals surface area contributed by atoms with Crippen LogP contribution in [0.2, 0.25) is 5.02 Å². The van der Waals surface area contributed by atoms with Crippen LogP contribution in [-0.2, 0) is 6.54 Å². The van der Waals surface area contributed by atoms with Crippen molar-refractivity contribution in [2.45, 2.75) is 13.5 Å². The Morgan fingerprint density at radius 2 is 1.78 bits per heavy atom. The predicted octanol–water partition coefficient (Wildman–Crippen LogP) is 5.39. The van der Waals surface area contributed by atoms with Gasteiger partial charge in [0.1, 0.15) is 11.6 Å². The standard InChI is InChI=1S/C25H24ClFN4O/c1-17-23(30-13-11-28-12-14-30)21(27)15-22-24(17)31(16-18-7-9-19(26)10-8-18)25(29-22)32-20-5-3-2-4-6-20/h2-10,15,28H,11-14,16H2,1H3. The van der Waals surface area contributed by atoms with Crippen LogP contribution in [0.4, 0.5) is 10.1 Å². The molecule has 5 nitrogen and oxygen atoms in total. The Balaban J connectivity index is 1.66. The predicted molar refractivity (Wildman–Crippen MR) is 127 cm³/mol. The van der Waals surface area contributed by atoms with Crippen molar-refractivity contribution >= 4 is 28.3 Å². The normalized spacial score (nSPS) is 14.2. The third-order valence-corrected chi connectivity index (χ3v) is 6.05. The second-order valence-electron chi connectivity index (χ2n) is 7.96. The van der Waals surface area contributed by atoms with Gasteiger partial charge in [0.15, 0.2) is 0 Å². The summed E-state index contributed by atoms with van der Waals surface area (Å²) in [5.74, 6) is 0.430. The number of hydrogen-bond acceptors (Lipinski definition) is 4. The van der Waals surface area contributed by atoms with Crippen molar-refractivity contribution < 1.29 is 9.13 Å². The highest BCUT2D eigenvalue weighted by Gasteiger charge is 2.24. The number of ether oxygens (including phenoxy) is 1. The summed E-state index contributed by atoms with van der Waals surface area (Å²) in [6, 6.07) is 19.2. The first kappa shape index (κ1) is 20.8. The van der Waals surface area contributed by atoms with Gasteiger partial charge in [-0.15, -0.1) is 0 Å². The number of imidazole rings is 1. The molecule has 1 fully saturated rings. The molecule has 164 valence electrons. The number of nitrogens with zero attached hydrogens (tertiary/aromatic N) is 3. The highest BCUT2D eigenvalue weighted by Crippen LogP contribution is 2.35. The third-order valence-electron chi connectivity index (χ3n) is 5.80. The van der Waals surface area contributed by atoms with E-state index < -0.39 is 0 Å². The van der Waals surface area contributed by atoms with Crippen molar-refractivity contribution in [3.63, 3.8) is 0 Å². The molecule has 1 aromatic heterocycles. The van der Waals surface area contributed by atoms with Gasteiger partial charge in [0.2, 0.25) is 0 Å². The minimum absolute atomic E-state index is 0.251. The van der Waals surface area contributed by atoms with Gasteiger partial charge in [-0.25, -0.2) is 4.39 Å². The topological polar surface area (TPSA) is 42.3 Å². The third kappa shape index (κ3) is 4.04. The lowest BCUT2D eigenvalue weighted by Crippen LogP contribution is -2.44. The summed E-state index contributed by atoms with van der Waals surface area (Å²) >= 11 is 6.08. The Hall–Kier alpha value is -3.09. The first-order chi connectivity index (χ1) is 15.6. The van der Waals surface area contributed by atoms with Gasteiger partial charge in [0.05, 0.1) is 23.3 Å². The van der Waals surface area contributed by atoms with Crippen molar-refractivity contribution in [1.82, 2.24) is 14.9 Å². The Bertz CT molecular complexity index is 1230. The molecule has 1 aliphatic heterocycles. The van der Waals surface area contributed by atoms with E-state index in [0.29, 0.717) is 34.5 Å². The van der Waals surface area contributed by atoms with E-state index in [-0.39, 0.29) is 5.82 Å². The maximum absolute atomic E-state index is 15.2. The molecular formula is C25H24ClFN4O. The summed E-state index contributed by atoms with van der Waals surface area (Å²) < 4.78 is 23.4. The van der Waals surface area contributed by atoms with Gasteiger partial charge in [-0.1, -0.05) is 41.9 Å². The fourth-order valence-electron chi connectivity index (χ4n) is 4.29. The van der Waals surface area contributed by atoms with Crippen LogP contribution in [0, 0.1) is 12.7 Å². The van der Waals surface area contributed by atoms with Crippen LogP contribution in [0.1, 0.15) is 11.1 Å². The van der Waals surface area contributed by atoms with E-state index in [1.165, 1.54) is 6.07 Å². The van der Waals surface area contributed by atoms with Crippen LogP contribution in [0.25, 0.3) is 11.0 Å². The lowest BCUT2D eigenvalue weighted by atomic mass is 10.1. The van der Waals surface area contributed by atoms with Crippen LogP contribution in [-0.4, -0.2) is 35.7 Å². The van der Waals surface area contributed by atoms with Crippen LogP contribution in [0.15, 0.2) is 60.7 Å². The highest BCUT2D eigenvalue weighted by molar-refractivity contribution is 6.30.